The predicted octanol–water partition coefficient (Wildman–Crippen LogP) is 2.61. The Morgan fingerprint density at radius 1 is 1.29 bits per heavy atom. The molecule has 4 heteroatoms. The molecule has 1 aliphatic heterocycles. The van der Waals surface area contributed by atoms with E-state index in [0.29, 0.717) is 6.54 Å². The van der Waals surface area contributed by atoms with Crippen molar-refractivity contribution in [2.75, 3.05) is 6.54 Å². The fourth-order valence-corrected chi connectivity index (χ4v) is 2.38. The topological polar surface area (TPSA) is 46.6 Å². The van der Waals surface area contributed by atoms with Gasteiger partial charge in [-0.2, -0.15) is 0 Å². The van der Waals surface area contributed by atoms with Gasteiger partial charge in [0, 0.05) is 6.54 Å². The zero-order valence-corrected chi connectivity index (χ0v) is 11.7. The standard InChI is InChI=1S/C13H23NO3/c1-9(15)10-13(5,6)7-8-14(10)11(16)17-12(2,3)4/h10H,7-8H2,1-6H3/t10-/m1/s1. The van der Waals surface area contributed by atoms with Crippen molar-refractivity contribution in [3.05, 3.63) is 0 Å². The van der Waals surface area contributed by atoms with E-state index in [1.807, 2.05) is 34.6 Å². The zero-order valence-electron chi connectivity index (χ0n) is 11.7. The van der Waals surface area contributed by atoms with E-state index in [0.717, 1.165) is 6.42 Å². The Balaban J connectivity index is 2.85. The Morgan fingerprint density at radius 3 is 2.24 bits per heavy atom. The third-order valence-electron chi connectivity index (χ3n) is 3.06. The second kappa shape index (κ2) is 4.31. The number of nitrogens with zero attached hydrogens (tertiary/aromatic N) is 1. The molecule has 17 heavy (non-hydrogen) atoms. The summed E-state index contributed by atoms with van der Waals surface area (Å²) in [5.74, 6) is 0.0263. The number of hydrogen-bond acceptors (Lipinski definition) is 3. The molecule has 4 nitrogen and oxygen atoms in total. The molecule has 0 aliphatic carbocycles. The first kappa shape index (κ1) is 14.0. The Labute approximate surface area is 103 Å². The molecule has 0 radical (unpaired) electrons. The van der Waals surface area contributed by atoms with E-state index in [1.54, 1.807) is 4.90 Å². The Kier molecular flexibility index (Phi) is 3.55. The van der Waals surface area contributed by atoms with Crippen molar-refractivity contribution in [1.29, 1.82) is 0 Å². The highest BCUT2D eigenvalue weighted by atomic mass is 16.6. The van der Waals surface area contributed by atoms with Crippen molar-refractivity contribution in [1.82, 2.24) is 4.90 Å². The maximum atomic E-state index is 12.0. The van der Waals surface area contributed by atoms with Gasteiger partial charge in [-0.3, -0.25) is 9.69 Å². The maximum Gasteiger partial charge on any atom is 0.410 e. The van der Waals surface area contributed by atoms with Crippen LogP contribution in [0.5, 0.6) is 0 Å². The van der Waals surface area contributed by atoms with Crippen LogP contribution in [-0.2, 0) is 9.53 Å². The summed E-state index contributed by atoms with van der Waals surface area (Å²) in [5.41, 5.74) is -0.687. The minimum Gasteiger partial charge on any atom is -0.444 e. The number of Topliss-reactive ketones (excluding diaryl/α,β-unsaturated/α-hetero) is 1. The van der Waals surface area contributed by atoms with Gasteiger partial charge in [-0.15, -0.1) is 0 Å². The summed E-state index contributed by atoms with van der Waals surface area (Å²) in [5, 5.41) is 0. The molecular formula is C13H23NO3. The van der Waals surface area contributed by atoms with E-state index in [-0.39, 0.29) is 23.3 Å². The molecular weight excluding hydrogens is 218 g/mol. The summed E-state index contributed by atoms with van der Waals surface area (Å²) < 4.78 is 5.33. The molecule has 1 heterocycles. The minimum absolute atomic E-state index is 0.0263. The van der Waals surface area contributed by atoms with Gasteiger partial charge in [-0.05, 0) is 39.5 Å². The number of ketones is 1. The van der Waals surface area contributed by atoms with Gasteiger partial charge in [0.1, 0.15) is 5.60 Å². The quantitative estimate of drug-likeness (QED) is 0.709. The molecule has 0 spiro atoms. The molecule has 0 N–H and O–H groups in total. The third kappa shape index (κ3) is 3.20. The number of amides is 1. The van der Waals surface area contributed by atoms with Gasteiger partial charge in [0.05, 0.1) is 6.04 Å². The lowest BCUT2D eigenvalue weighted by atomic mass is 9.83. The fourth-order valence-electron chi connectivity index (χ4n) is 2.38. The monoisotopic (exact) mass is 241 g/mol. The molecule has 0 saturated carbocycles. The minimum atomic E-state index is -0.523. The lowest BCUT2D eigenvalue weighted by Crippen LogP contribution is -2.47. The lowest BCUT2D eigenvalue weighted by molar-refractivity contribution is -0.123. The van der Waals surface area contributed by atoms with Gasteiger partial charge < -0.3 is 4.74 Å². The highest BCUT2D eigenvalue weighted by molar-refractivity contribution is 5.87. The summed E-state index contributed by atoms with van der Waals surface area (Å²) >= 11 is 0. The van der Waals surface area contributed by atoms with Crippen LogP contribution in [-0.4, -0.2) is 35.0 Å². The molecule has 1 rings (SSSR count). The fraction of sp³-hybridized carbons (Fsp3) is 0.846. The zero-order chi connectivity index (χ0) is 13.4. The Hall–Kier alpha value is -1.06. The molecule has 0 bridgehead atoms. The van der Waals surface area contributed by atoms with Crippen molar-refractivity contribution in [3.8, 4) is 0 Å². The molecule has 98 valence electrons. The number of rotatable bonds is 1. The molecule has 1 fully saturated rings. The first-order valence-corrected chi connectivity index (χ1v) is 6.05. The normalized spacial score (nSPS) is 23.6. The average molecular weight is 241 g/mol. The number of carbonyl (C=O) groups is 2. The first-order chi connectivity index (χ1) is 7.54. The van der Waals surface area contributed by atoms with E-state index in [1.165, 1.54) is 6.92 Å². The summed E-state index contributed by atoms with van der Waals surface area (Å²) in [6.07, 6.45) is 0.444. The van der Waals surface area contributed by atoms with Crippen molar-refractivity contribution in [2.24, 2.45) is 5.41 Å². The number of ether oxygens (including phenoxy) is 1. The second-order valence-corrected chi connectivity index (χ2v) is 6.43. The van der Waals surface area contributed by atoms with Crippen LogP contribution in [0, 0.1) is 5.41 Å². The van der Waals surface area contributed by atoms with Crippen LogP contribution in [0.2, 0.25) is 0 Å². The van der Waals surface area contributed by atoms with Gasteiger partial charge >= 0.3 is 6.09 Å². The number of likely N-dealkylation sites (tertiary alicyclic amines) is 1. The molecule has 0 aromatic rings. The second-order valence-electron chi connectivity index (χ2n) is 6.43. The van der Waals surface area contributed by atoms with Crippen LogP contribution >= 0.6 is 0 Å². The van der Waals surface area contributed by atoms with Crippen LogP contribution in [0.3, 0.4) is 0 Å². The molecule has 1 atom stereocenters. The smallest absolute Gasteiger partial charge is 0.410 e. The SMILES string of the molecule is CC(=O)[C@H]1N(C(=O)OC(C)(C)C)CCC1(C)C. The molecule has 1 aliphatic rings. The van der Waals surface area contributed by atoms with Crippen LogP contribution in [0.15, 0.2) is 0 Å². The van der Waals surface area contributed by atoms with E-state index in [4.69, 9.17) is 4.74 Å². The van der Waals surface area contributed by atoms with Crippen LogP contribution < -0.4 is 0 Å². The van der Waals surface area contributed by atoms with Crippen molar-refractivity contribution in [2.45, 2.75) is 59.6 Å². The van der Waals surface area contributed by atoms with E-state index in [2.05, 4.69) is 0 Å². The van der Waals surface area contributed by atoms with Crippen LogP contribution in [0.4, 0.5) is 4.79 Å². The molecule has 0 aromatic heterocycles. The van der Waals surface area contributed by atoms with E-state index < -0.39 is 5.60 Å². The van der Waals surface area contributed by atoms with Crippen LogP contribution in [0.1, 0.15) is 48.0 Å². The number of carbonyl (C=O) groups excluding carboxylic acids is 2. The average Bonchev–Trinajstić information content (AvgIpc) is 2.37. The van der Waals surface area contributed by atoms with E-state index in [9.17, 15) is 9.59 Å². The van der Waals surface area contributed by atoms with Crippen molar-refractivity contribution < 1.29 is 14.3 Å². The van der Waals surface area contributed by atoms with Gasteiger partial charge in [0.2, 0.25) is 0 Å². The molecule has 0 unspecified atom stereocenters. The van der Waals surface area contributed by atoms with Crippen molar-refractivity contribution >= 4 is 11.9 Å². The Morgan fingerprint density at radius 2 is 1.82 bits per heavy atom. The van der Waals surface area contributed by atoms with Gasteiger partial charge in [0.15, 0.2) is 5.78 Å². The highest BCUT2D eigenvalue weighted by Crippen LogP contribution is 2.37. The van der Waals surface area contributed by atoms with Gasteiger partial charge in [0.25, 0.3) is 0 Å². The van der Waals surface area contributed by atoms with Gasteiger partial charge in [-0.25, -0.2) is 4.79 Å². The predicted molar refractivity (Wildman–Crippen MR) is 65.8 cm³/mol. The summed E-state index contributed by atoms with van der Waals surface area (Å²) in [6.45, 7) is 11.6. The molecule has 0 aromatic carbocycles. The first-order valence-electron chi connectivity index (χ1n) is 6.05. The highest BCUT2D eigenvalue weighted by Gasteiger charge is 2.46. The summed E-state index contributed by atoms with van der Waals surface area (Å²) in [4.78, 5) is 25.3. The Bertz CT molecular complexity index is 328. The molecule has 1 amide bonds. The lowest BCUT2D eigenvalue weighted by Gasteiger charge is -2.32. The largest absolute Gasteiger partial charge is 0.444 e. The maximum absolute atomic E-state index is 12.0. The molecule has 1 saturated heterocycles. The third-order valence-corrected chi connectivity index (χ3v) is 3.06. The van der Waals surface area contributed by atoms with Gasteiger partial charge in [-0.1, -0.05) is 13.8 Å². The van der Waals surface area contributed by atoms with Crippen molar-refractivity contribution in [3.63, 3.8) is 0 Å². The number of hydrogen-bond donors (Lipinski definition) is 0. The summed E-state index contributed by atoms with van der Waals surface area (Å²) in [7, 11) is 0. The van der Waals surface area contributed by atoms with E-state index >= 15 is 0 Å². The summed E-state index contributed by atoms with van der Waals surface area (Å²) in [6, 6.07) is -0.364. The van der Waals surface area contributed by atoms with Crippen LogP contribution in [0.25, 0.3) is 0 Å².